The maximum Gasteiger partial charge on any atom is 0.0672 e. The van der Waals surface area contributed by atoms with E-state index in [0.717, 1.165) is 12.8 Å². The van der Waals surface area contributed by atoms with Crippen molar-refractivity contribution in [1.82, 2.24) is 9.78 Å². The van der Waals surface area contributed by atoms with Crippen LogP contribution in [0.1, 0.15) is 11.3 Å². The molecule has 1 aromatic heterocycles. The first-order valence-electron chi connectivity index (χ1n) is 3.52. The number of aromatic nitrogens is 2. The molecule has 2 N–H and O–H groups in total. The maximum atomic E-state index is 5.73. The van der Waals surface area contributed by atoms with Gasteiger partial charge in [0, 0.05) is 25.7 Å². The van der Waals surface area contributed by atoms with E-state index in [1.54, 1.807) is 0 Å². The summed E-state index contributed by atoms with van der Waals surface area (Å²) in [6.07, 6.45) is 4.02. The van der Waals surface area contributed by atoms with Gasteiger partial charge in [-0.15, -0.1) is 24.8 Å². The Kier molecular flexibility index (Phi) is 4.03. The summed E-state index contributed by atoms with van der Waals surface area (Å²) in [6, 6.07) is 0.318. The molecule has 1 unspecified atom stereocenters. The lowest BCUT2D eigenvalue weighted by Gasteiger charge is -1.97. The Morgan fingerprint density at radius 3 is 2.75 bits per heavy atom. The quantitative estimate of drug-likeness (QED) is 0.684. The van der Waals surface area contributed by atoms with Crippen LogP contribution in [-0.2, 0) is 19.9 Å². The molecule has 0 saturated carbocycles. The van der Waals surface area contributed by atoms with Crippen molar-refractivity contribution in [1.29, 1.82) is 0 Å². The summed E-state index contributed by atoms with van der Waals surface area (Å²) < 4.78 is 1.86. The van der Waals surface area contributed by atoms with Gasteiger partial charge >= 0.3 is 0 Å². The van der Waals surface area contributed by atoms with Gasteiger partial charge in [-0.2, -0.15) is 5.10 Å². The zero-order chi connectivity index (χ0) is 7.14. The van der Waals surface area contributed by atoms with Crippen LogP contribution in [0.4, 0.5) is 0 Å². The normalized spacial score (nSPS) is 19.3. The van der Waals surface area contributed by atoms with Crippen molar-refractivity contribution >= 4 is 24.8 Å². The van der Waals surface area contributed by atoms with E-state index < -0.39 is 0 Å². The average Bonchev–Trinajstić information content (AvgIpc) is 2.21. The molecule has 1 aromatic rings. The van der Waals surface area contributed by atoms with Crippen molar-refractivity contribution in [2.45, 2.75) is 18.9 Å². The van der Waals surface area contributed by atoms with Gasteiger partial charge in [0.1, 0.15) is 0 Å². The number of aryl methyl sites for hydroxylation is 1. The van der Waals surface area contributed by atoms with Crippen LogP contribution < -0.4 is 5.73 Å². The van der Waals surface area contributed by atoms with Gasteiger partial charge < -0.3 is 5.73 Å². The molecule has 1 aliphatic rings. The van der Waals surface area contributed by atoms with Crippen LogP contribution in [-0.4, -0.2) is 15.8 Å². The fourth-order valence-corrected chi connectivity index (χ4v) is 1.53. The van der Waals surface area contributed by atoms with Crippen LogP contribution in [0.25, 0.3) is 0 Å². The number of nitrogens with zero attached hydrogens (tertiary/aromatic N) is 2. The van der Waals surface area contributed by atoms with Gasteiger partial charge in [-0.25, -0.2) is 0 Å². The molecule has 0 saturated heterocycles. The molecule has 1 heterocycles. The fraction of sp³-hybridized carbons (Fsp3) is 0.571. The molecule has 0 radical (unpaired) electrons. The molecule has 0 fully saturated rings. The van der Waals surface area contributed by atoms with Gasteiger partial charge in [-0.1, -0.05) is 0 Å². The molecule has 0 aliphatic heterocycles. The fourth-order valence-electron chi connectivity index (χ4n) is 1.53. The van der Waals surface area contributed by atoms with E-state index in [1.807, 2.05) is 11.7 Å². The van der Waals surface area contributed by atoms with E-state index in [2.05, 4.69) is 11.3 Å². The predicted octanol–water partition coefficient (Wildman–Crippen LogP) is 0.690. The zero-order valence-electron chi connectivity index (χ0n) is 6.86. The molecule has 1 aliphatic carbocycles. The van der Waals surface area contributed by atoms with Gasteiger partial charge in [-0.05, 0) is 12.0 Å². The lowest BCUT2D eigenvalue weighted by Crippen LogP contribution is -2.20. The summed E-state index contributed by atoms with van der Waals surface area (Å²) in [5, 5.41) is 4.28. The monoisotopic (exact) mass is 209 g/mol. The predicted molar refractivity (Wildman–Crippen MR) is 53.1 cm³/mol. The summed E-state index contributed by atoms with van der Waals surface area (Å²) in [5.41, 5.74) is 8.25. The highest BCUT2D eigenvalue weighted by atomic mass is 35.5. The third kappa shape index (κ3) is 1.91. The van der Waals surface area contributed by atoms with Gasteiger partial charge in [-0.3, -0.25) is 4.68 Å². The topological polar surface area (TPSA) is 43.8 Å². The summed E-state index contributed by atoms with van der Waals surface area (Å²) >= 11 is 0. The number of hydrogen-bond acceptors (Lipinski definition) is 2. The second-order valence-corrected chi connectivity index (χ2v) is 2.94. The molecule has 0 aromatic carbocycles. The van der Waals surface area contributed by atoms with E-state index in [4.69, 9.17) is 5.73 Å². The van der Waals surface area contributed by atoms with E-state index in [9.17, 15) is 0 Å². The highest BCUT2D eigenvalue weighted by Gasteiger charge is 2.20. The number of nitrogens with two attached hydrogens (primary N) is 1. The third-order valence-corrected chi connectivity index (χ3v) is 1.93. The Morgan fingerprint density at radius 2 is 2.17 bits per heavy atom. The van der Waals surface area contributed by atoms with Crippen molar-refractivity contribution in [3.63, 3.8) is 0 Å². The largest absolute Gasteiger partial charge is 0.327 e. The van der Waals surface area contributed by atoms with E-state index >= 15 is 0 Å². The summed E-state index contributed by atoms with van der Waals surface area (Å²) in [5.74, 6) is 0. The molecule has 70 valence electrons. The molecule has 12 heavy (non-hydrogen) atoms. The Labute approximate surface area is 84.1 Å². The average molecular weight is 210 g/mol. The second-order valence-electron chi connectivity index (χ2n) is 2.94. The lowest BCUT2D eigenvalue weighted by molar-refractivity contribution is 0.671. The van der Waals surface area contributed by atoms with Gasteiger partial charge in [0.2, 0.25) is 0 Å². The van der Waals surface area contributed by atoms with Crippen LogP contribution in [0.5, 0.6) is 0 Å². The first kappa shape index (κ1) is 11.8. The highest BCUT2D eigenvalue weighted by Crippen LogP contribution is 2.18. The second kappa shape index (κ2) is 4.12. The van der Waals surface area contributed by atoms with Gasteiger partial charge in [0.25, 0.3) is 0 Å². The van der Waals surface area contributed by atoms with E-state index in [0.29, 0.717) is 6.04 Å². The van der Waals surface area contributed by atoms with E-state index in [1.165, 1.54) is 11.3 Å². The van der Waals surface area contributed by atoms with E-state index in [-0.39, 0.29) is 24.8 Å². The first-order valence-corrected chi connectivity index (χ1v) is 3.52. The smallest absolute Gasteiger partial charge is 0.0672 e. The number of hydrogen-bond donors (Lipinski definition) is 1. The molecule has 1 atom stereocenters. The minimum Gasteiger partial charge on any atom is -0.327 e. The Morgan fingerprint density at radius 1 is 1.50 bits per heavy atom. The van der Waals surface area contributed by atoms with Crippen LogP contribution in [0.3, 0.4) is 0 Å². The molecular formula is C7H13Cl2N3. The standard InChI is InChI=1S/C7H11N3.2ClH/c1-10-4-5-2-6(8)3-7(5)9-10;;/h4,6H,2-3,8H2,1H3;2*1H. The lowest BCUT2D eigenvalue weighted by atomic mass is 10.2. The highest BCUT2D eigenvalue weighted by molar-refractivity contribution is 5.85. The molecule has 0 spiro atoms. The SMILES string of the molecule is Cl.Cl.Cn1cc2c(n1)CC(N)C2. The first-order chi connectivity index (χ1) is 4.75. The third-order valence-electron chi connectivity index (χ3n) is 1.93. The van der Waals surface area contributed by atoms with Gasteiger partial charge in [0.15, 0.2) is 0 Å². The molecule has 2 rings (SSSR count). The minimum absolute atomic E-state index is 0. The minimum atomic E-state index is 0. The van der Waals surface area contributed by atoms with Crippen molar-refractivity contribution < 1.29 is 0 Å². The molecule has 0 amide bonds. The Hall–Kier alpha value is -0.250. The Balaban J connectivity index is 0.000000605. The number of rotatable bonds is 0. The Bertz CT molecular complexity index is 236. The molecule has 0 bridgehead atoms. The van der Waals surface area contributed by atoms with Crippen LogP contribution in [0, 0.1) is 0 Å². The van der Waals surface area contributed by atoms with Crippen molar-refractivity contribution in [2.24, 2.45) is 12.8 Å². The van der Waals surface area contributed by atoms with Crippen molar-refractivity contribution in [3.05, 3.63) is 17.5 Å². The van der Waals surface area contributed by atoms with Crippen molar-refractivity contribution in [2.75, 3.05) is 0 Å². The molecular weight excluding hydrogens is 197 g/mol. The van der Waals surface area contributed by atoms with Crippen molar-refractivity contribution in [3.8, 4) is 0 Å². The van der Waals surface area contributed by atoms with Crippen LogP contribution in [0.2, 0.25) is 0 Å². The van der Waals surface area contributed by atoms with Gasteiger partial charge in [0.05, 0.1) is 5.69 Å². The number of halogens is 2. The number of fused-ring (bicyclic) bond motifs is 1. The molecule has 3 nitrogen and oxygen atoms in total. The maximum absolute atomic E-state index is 5.73. The zero-order valence-corrected chi connectivity index (χ0v) is 8.49. The molecule has 5 heteroatoms. The van der Waals surface area contributed by atoms with Crippen LogP contribution >= 0.6 is 24.8 Å². The summed E-state index contributed by atoms with van der Waals surface area (Å²) in [6.45, 7) is 0. The summed E-state index contributed by atoms with van der Waals surface area (Å²) in [7, 11) is 1.95. The van der Waals surface area contributed by atoms with Crippen LogP contribution in [0.15, 0.2) is 6.20 Å². The summed E-state index contributed by atoms with van der Waals surface area (Å²) in [4.78, 5) is 0.